The van der Waals surface area contributed by atoms with Crippen LogP contribution in [0.3, 0.4) is 0 Å². The van der Waals surface area contributed by atoms with Crippen LogP contribution in [0.5, 0.6) is 5.75 Å². The number of hydrogen-bond acceptors (Lipinski definition) is 5. The van der Waals surface area contributed by atoms with E-state index in [1.807, 2.05) is 6.92 Å². The number of nitrogens with zero attached hydrogens (tertiary/aromatic N) is 2. The van der Waals surface area contributed by atoms with Gasteiger partial charge in [-0.2, -0.15) is 0 Å². The number of aromatic nitrogens is 2. The van der Waals surface area contributed by atoms with Gasteiger partial charge in [-0.15, -0.1) is 0 Å². The zero-order chi connectivity index (χ0) is 21.5. The highest BCUT2D eigenvalue weighted by atomic mass is 16.5. The van der Waals surface area contributed by atoms with Gasteiger partial charge in [0.25, 0.3) is 5.91 Å². The van der Waals surface area contributed by atoms with Crippen molar-refractivity contribution in [2.24, 2.45) is 7.05 Å². The Labute approximate surface area is 173 Å². The van der Waals surface area contributed by atoms with Gasteiger partial charge < -0.3 is 19.9 Å². The monoisotopic (exact) mass is 406 g/mol. The molecule has 0 aliphatic carbocycles. The molecular weight excluding hydrogens is 384 g/mol. The number of imidazole rings is 1. The van der Waals surface area contributed by atoms with E-state index >= 15 is 0 Å². The molecule has 30 heavy (non-hydrogen) atoms. The summed E-state index contributed by atoms with van der Waals surface area (Å²) in [6.45, 7) is 2.06. The van der Waals surface area contributed by atoms with E-state index < -0.39 is 5.91 Å². The standard InChI is InChI=1S/C22H22N4O4/c1-3-30-18-7-5-4-6-17(18)22(29)24-14-19(27)25-16-10-8-15(9-11-16)20(28)21-23-12-13-26(21)2/h4-13H,3,14H2,1-2H3,(H,24,29)(H,25,27). The number of ether oxygens (including phenoxy) is 1. The van der Waals surface area contributed by atoms with Gasteiger partial charge in [0.1, 0.15) is 5.75 Å². The fraction of sp³-hybridized carbons (Fsp3) is 0.182. The maximum absolute atomic E-state index is 12.4. The first kappa shape index (κ1) is 20.8. The zero-order valence-corrected chi connectivity index (χ0v) is 16.7. The lowest BCUT2D eigenvalue weighted by molar-refractivity contribution is -0.115. The molecule has 1 aromatic heterocycles. The van der Waals surface area contributed by atoms with Gasteiger partial charge in [0.2, 0.25) is 11.7 Å². The van der Waals surface area contributed by atoms with Gasteiger partial charge in [0.15, 0.2) is 5.82 Å². The third kappa shape index (κ3) is 4.91. The van der Waals surface area contributed by atoms with Crippen LogP contribution >= 0.6 is 0 Å². The topological polar surface area (TPSA) is 102 Å². The van der Waals surface area contributed by atoms with Crippen LogP contribution in [0.4, 0.5) is 5.69 Å². The summed E-state index contributed by atoms with van der Waals surface area (Å²) in [7, 11) is 1.75. The van der Waals surface area contributed by atoms with Crippen molar-refractivity contribution in [2.75, 3.05) is 18.5 Å². The minimum atomic E-state index is -0.398. The van der Waals surface area contributed by atoms with E-state index in [-0.39, 0.29) is 18.2 Å². The van der Waals surface area contributed by atoms with Gasteiger partial charge in [-0.3, -0.25) is 14.4 Å². The SMILES string of the molecule is CCOc1ccccc1C(=O)NCC(=O)Nc1ccc(C(=O)c2nccn2C)cc1. The number of ketones is 1. The molecule has 3 rings (SSSR count). The summed E-state index contributed by atoms with van der Waals surface area (Å²) in [6.07, 6.45) is 3.26. The summed E-state index contributed by atoms with van der Waals surface area (Å²) >= 11 is 0. The molecule has 0 saturated heterocycles. The van der Waals surface area contributed by atoms with E-state index in [2.05, 4.69) is 15.6 Å². The molecule has 2 amide bonds. The Kier molecular flexibility index (Phi) is 6.59. The number of hydrogen-bond donors (Lipinski definition) is 2. The molecule has 0 fully saturated rings. The third-order valence-electron chi connectivity index (χ3n) is 4.30. The Morgan fingerprint density at radius 2 is 1.80 bits per heavy atom. The number of carbonyl (C=O) groups excluding carboxylic acids is 3. The summed E-state index contributed by atoms with van der Waals surface area (Å²) in [5.74, 6) is -0.195. The van der Waals surface area contributed by atoms with E-state index in [4.69, 9.17) is 4.74 Å². The first-order valence-corrected chi connectivity index (χ1v) is 9.41. The van der Waals surface area contributed by atoms with Gasteiger partial charge in [0, 0.05) is 30.7 Å². The second-order valence-electron chi connectivity index (χ2n) is 6.43. The smallest absolute Gasteiger partial charge is 0.255 e. The Hall–Kier alpha value is -3.94. The number of rotatable bonds is 8. The van der Waals surface area contributed by atoms with Crippen molar-refractivity contribution in [3.8, 4) is 5.75 Å². The fourth-order valence-electron chi connectivity index (χ4n) is 2.81. The van der Waals surface area contributed by atoms with Crippen molar-refractivity contribution >= 4 is 23.3 Å². The molecule has 0 aliphatic heterocycles. The van der Waals surface area contributed by atoms with E-state index in [0.29, 0.717) is 35.0 Å². The van der Waals surface area contributed by atoms with Crippen molar-refractivity contribution in [3.05, 3.63) is 77.9 Å². The average molecular weight is 406 g/mol. The second-order valence-corrected chi connectivity index (χ2v) is 6.43. The highest BCUT2D eigenvalue weighted by Crippen LogP contribution is 2.17. The summed E-state index contributed by atoms with van der Waals surface area (Å²) in [5, 5.41) is 5.26. The molecule has 154 valence electrons. The van der Waals surface area contributed by atoms with Crippen LogP contribution in [0.1, 0.15) is 33.5 Å². The Morgan fingerprint density at radius 3 is 2.47 bits per heavy atom. The highest BCUT2D eigenvalue weighted by molar-refractivity contribution is 6.07. The Bertz CT molecular complexity index is 1060. The number of benzene rings is 2. The van der Waals surface area contributed by atoms with Gasteiger partial charge >= 0.3 is 0 Å². The number of aryl methyl sites for hydroxylation is 1. The van der Waals surface area contributed by atoms with Crippen molar-refractivity contribution < 1.29 is 19.1 Å². The quantitative estimate of drug-likeness (QED) is 0.560. The number of nitrogens with one attached hydrogen (secondary N) is 2. The molecule has 0 aliphatic rings. The number of amides is 2. The van der Waals surface area contributed by atoms with E-state index in [1.54, 1.807) is 72.5 Å². The van der Waals surface area contributed by atoms with Crippen molar-refractivity contribution in [1.82, 2.24) is 14.9 Å². The first-order valence-electron chi connectivity index (χ1n) is 9.41. The first-order chi connectivity index (χ1) is 14.5. The van der Waals surface area contributed by atoms with Crippen LogP contribution < -0.4 is 15.4 Å². The predicted octanol–water partition coefficient (Wildman–Crippen LogP) is 2.42. The van der Waals surface area contributed by atoms with E-state index in [1.165, 1.54) is 0 Å². The molecule has 8 nitrogen and oxygen atoms in total. The lowest BCUT2D eigenvalue weighted by Gasteiger charge is -2.11. The van der Waals surface area contributed by atoms with Gasteiger partial charge in [-0.05, 0) is 43.3 Å². The summed E-state index contributed by atoms with van der Waals surface area (Å²) in [5.41, 5.74) is 1.34. The Balaban J connectivity index is 1.56. The second kappa shape index (κ2) is 9.51. The minimum absolute atomic E-state index is 0.201. The maximum Gasteiger partial charge on any atom is 0.255 e. The number of anilines is 1. The van der Waals surface area contributed by atoms with Crippen LogP contribution in [-0.4, -0.2) is 40.3 Å². The number of carbonyl (C=O) groups is 3. The van der Waals surface area contributed by atoms with Gasteiger partial charge in [-0.1, -0.05) is 12.1 Å². The molecule has 2 aromatic carbocycles. The van der Waals surface area contributed by atoms with E-state index in [0.717, 1.165) is 0 Å². The van der Waals surface area contributed by atoms with Crippen molar-refractivity contribution in [1.29, 1.82) is 0 Å². The van der Waals surface area contributed by atoms with E-state index in [9.17, 15) is 14.4 Å². The average Bonchev–Trinajstić information content (AvgIpc) is 3.18. The molecule has 8 heteroatoms. The van der Waals surface area contributed by atoms with Crippen molar-refractivity contribution in [2.45, 2.75) is 6.92 Å². The van der Waals surface area contributed by atoms with Crippen LogP contribution in [0.15, 0.2) is 60.9 Å². The molecule has 0 unspecified atom stereocenters. The molecule has 0 saturated carbocycles. The van der Waals surface area contributed by atoms with Crippen molar-refractivity contribution in [3.63, 3.8) is 0 Å². The molecule has 0 spiro atoms. The normalized spacial score (nSPS) is 10.3. The lowest BCUT2D eigenvalue weighted by atomic mass is 10.1. The van der Waals surface area contributed by atoms with Crippen LogP contribution in [0.25, 0.3) is 0 Å². The Morgan fingerprint density at radius 1 is 1.07 bits per heavy atom. The third-order valence-corrected chi connectivity index (χ3v) is 4.30. The van der Waals surface area contributed by atoms with Crippen LogP contribution in [0.2, 0.25) is 0 Å². The largest absolute Gasteiger partial charge is 0.493 e. The zero-order valence-electron chi connectivity index (χ0n) is 16.7. The molecule has 2 N–H and O–H groups in total. The molecule has 1 heterocycles. The predicted molar refractivity (Wildman–Crippen MR) is 112 cm³/mol. The van der Waals surface area contributed by atoms with Gasteiger partial charge in [0.05, 0.1) is 18.7 Å². The van der Waals surface area contributed by atoms with Crippen LogP contribution in [-0.2, 0) is 11.8 Å². The van der Waals surface area contributed by atoms with Crippen LogP contribution in [0, 0.1) is 0 Å². The minimum Gasteiger partial charge on any atom is -0.493 e. The molecule has 3 aromatic rings. The molecule has 0 atom stereocenters. The number of para-hydroxylation sites is 1. The molecule has 0 radical (unpaired) electrons. The lowest BCUT2D eigenvalue weighted by Crippen LogP contribution is -2.33. The van der Waals surface area contributed by atoms with Gasteiger partial charge in [-0.25, -0.2) is 4.98 Å². The summed E-state index contributed by atoms with van der Waals surface area (Å²) in [6, 6.07) is 13.3. The fourth-order valence-corrected chi connectivity index (χ4v) is 2.81. The summed E-state index contributed by atoms with van der Waals surface area (Å²) in [4.78, 5) is 41.0. The summed E-state index contributed by atoms with van der Waals surface area (Å²) < 4.78 is 7.07. The highest BCUT2D eigenvalue weighted by Gasteiger charge is 2.15. The molecular formula is C22H22N4O4. The maximum atomic E-state index is 12.4. The molecule has 0 bridgehead atoms.